The SMILES string of the molecule is CNC1CCCc2ccc(OCC(C)(O)C(C)C)cc21. The van der Waals surface area contributed by atoms with E-state index in [1.54, 1.807) is 0 Å². The maximum Gasteiger partial charge on any atom is 0.119 e. The molecule has 0 aromatic heterocycles. The summed E-state index contributed by atoms with van der Waals surface area (Å²) in [6.45, 7) is 6.17. The highest BCUT2D eigenvalue weighted by Crippen LogP contribution is 2.32. The molecule has 20 heavy (non-hydrogen) atoms. The first-order valence-corrected chi connectivity index (χ1v) is 7.59. The number of benzene rings is 1. The highest BCUT2D eigenvalue weighted by Gasteiger charge is 2.26. The molecule has 1 aromatic carbocycles. The van der Waals surface area contributed by atoms with Crippen LogP contribution in [0.15, 0.2) is 18.2 Å². The van der Waals surface area contributed by atoms with E-state index in [0.717, 1.165) is 12.2 Å². The maximum atomic E-state index is 10.3. The summed E-state index contributed by atoms with van der Waals surface area (Å²) in [7, 11) is 2.01. The molecule has 0 amide bonds. The number of nitrogens with one attached hydrogen (secondary N) is 1. The highest BCUT2D eigenvalue weighted by atomic mass is 16.5. The molecule has 1 aromatic rings. The monoisotopic (exact) mass is 277 g/mol. The van der Waals surface area contributed by atoms with Gasteiger partial charge in [0.1, 0.15) is 12.4 Å². The van der Waals surface area contributed by atoms with Gasteiger partial charge in [0.2, 0.25) is 0 Å². The van der Waals surface area contributed by atoms with Gasteiger partial charge in [0.25, 0.3) is 0 Å². The van der Waals surface area contributed by atoms with Gasteiger partial charge in [-0.2, -0.15) is 0 Å². The predicted octanol–water partition coefficient (Wildman–Crippen LogP) is 3.07. The van der Waals surface area contributed by atoms with Crippen molar-refractivity contribution in [2.24, 2.45) is 5.92 Å². The van der Waals surface area contributed by atoms with Gasteiger partial charge < -0.3 is 15.2 Å². The minimum Gasteiger partial charge on any atom is -0.491 e. The lowest BCUT2D eigenvalue weighted by Crippen LogP contribution is -2.37. The Bertz CT molecular complexity index is 454. The van der Waals surface area contributed by atoms with E-state index < -0.39 is 5.60 Å². The van der Waals surface area contributed by atoms with Crippen molar-refractivity contribution < 1.29 is 9.84 Å². The van der Waals surface area contributed by atoms with E-state index >= 15 is 0 Å². The lowest BCUT2D eigenvalue weighted by Gasteiger charge is -2.29. The van der Waals surface area contributed by atoms with Crippen molar-refractivity contribution in [1.82, 2.24) is 5.32 Å². The first-order valence-electron chi connectivity index (χ1n) is 7.59. The van der Waals surface area contributed by atoms with Crippen LogP contribution in [0.5, 0.6) is 5.75 Å². The Hall–Kier alpha value is -1.06. The molecule has 2 N–H and O–H groups in total. The quantitative estimate of drug-likeness (QED) is 0.869. The average Bonchev–Trinajstić information content (AvgIpc) is 2.44. The Kier molecular flexibility index (Phi) is 4.71. The molecule has 0 aliphatic heterocycles. The number of fused-ring (bicyclic) bond motifs is 1. The Morgan fingerprint density at radius 2 is 2.20 bits per heavy atom. The number of ether oxygens (including phenoxy) is 1. The van der Waals surface area contributed by atoms with Crippen LogP contribution < -0.4 is 10.1 Å². The van der Waals surface area contributed by atoms with Crippen LogP contribution in [0.2, 0.25) is 0 Å². The normalized spacial score (nSPS) is 21.4. The molecular formula is C17H27NO2. The molecule has 3 nitrogen and oxygen atoms in total. The van der Waals surface area contributed by atoms with Crippen molar-refractivity contribution in [3.63, 3.8) is 0 Å². The molecular weight excluding hydrogens is 250 g/mol. The van der Waals surface area contributed by atoms with Crippen molar-refractivity contribution >= 4 is 0 Å². The summed E-state index contributed by atoms with van der Waals surface area (Å²) in [4.78, 5) is 0. The number of hydrogen-bond acceptors (Lipinski definition) is 3. The predicted molar refractivity (Wildman–Crippen MR) is 82.1 cm³/mol. The number of aryl methyl sites for hydroxylation is 1. The molecule has 0 bridgehead atoms. The summed E-state index contributed by atoms with van der Waals surface area (Å²) in [5.41, 5.74) is 1.97. The highest BCUT2D eigenvalue weighted by molar-refractivity contribution is 5.39. The Morgan fingerprint density at radius 3 is 2.85 bits per heavy atom. The van der Waals surface area contributed by atoms with Gasteiger partial charge in [-0.05, 0) is 62.4 Å². The molecule has 2 unspecified atom stereocenters. The van der Waals surface area contributed by atoms with Crippen molar-refractivity contribution in [1.29, 1.82) is 0 Å². The van der Waals surface area contributed by atoms with E-state index in [9.17, 15) is 5.11 Å². The van der Waals surface area contributed by atoms with E-state index in [1.807, 2.05) is 33.9 Å². The zero-order valence-corrected chi connectivity index (χ0v) is 13.1. The molecule has 112 valence electrons. The first kappa shape index (κ1) is 15.3. The summed E-state index contributed by atoms with van der Waals surface area (Å²) in [6.07, 6.45) is 3.56. The topological polar surface area (TPSA) is 41.5 Å². The average molecular weight is 277 g/mol. The van der Waals surface area contributed by atoms with Crippen LogP contribution in [0.1, 0.15) is 50.8 Å². The molecule has 0 radical (unpaired) electrons. The second-order valence-electron chi connectivity index (χ2n) is 6.39. The number of aliphatic hydroxyl groups is 1. The summed E-state index contributed by atoms with van der Waals surface area (Å²) in [5, 5.41) is 13.6. The summed E-state index contributed by atoms with van der Waals surface area (Å²) < 4.78 is 5.81. The van der Waals surface area contributed by atoms with E-state index in [1.165, 1.54) is 24.0 Å². The second-order valence-corrected chi connectivity index (χ2v) is 6.39. The van der Waals surface area contributed by atoms with Crippen molar-refractivity contribution in [3.05, 3.63) is 29.3 Å². The van der Waals surface area contributed by atoms with Gasteiger partial charge in [-0.25, -0.2) is 0 Å². The van der Waals surface area contributed by atoms with Gasteiger partial charge in [0, 0.05) is 6.04 Å². The molecule has 2 rings (SSSR count). The molecule has 3 heteroatoms. The fraction of sp³-hybridized carbons (Fsp3) is 0.647. The van der Waals surface area contributed by atoms with Crippen LogP contribution in [-0.2, 0) is 6.42 Å². The van der Waals surface area contributed by atoms with Gasteiger partial charge in [-0.15, -0.1) is 0 Å². The van der Waals surface area contributed by atoms with Crippen molar-refractivity contribution in [2.45, 2.75) is 51.7 Å². The third-order valence-electron chi connectivity index (χ3n) is 4.55. The van der Waals surface area contributed by atoms with Crippen LogP contribution in [0.4, 0.5) is 0 Å². The van der Waals surface area contributed by atoms with Gasteiger partial charge in [0.05, 0.1) is 5.60 Å². The minimum absolute atomic E-state index is 0.171. The third-order valence-corrected chi connectivity index (χ3v) is 4.55. The largest absolute Gasteiger partial charge is 0.491 e. The molecule has 1 aliphatic rings. The zero-order chi connectivity index (χ0) is 14.8. The second kappa shape index (κ2) is 6.15. The van der Waals surface area contributed by atoms with Crippen molar-refractivity contribution in [2.75, 3.05) is 13.7 Å². The molecule has 0 saturated carbocycles. The van der Waals surface area contributed by atoms with Crippen LogP contribution in [0, 0.1) is 5.92 Å². The molecule has 0 saturated heterocycles. The lowest BCUT2D eigenvalue weighted by molar-refractivity contribution is -0.0266. The van der Waals surface area contributed by atoms with Crippen LogP contribution >= 0.6 is 0 Å². The van der Waals surface area contributed by atoms with Crippen LogP contribution in [0.25, 0.3) is 0 Å². The molecule has 2 atom stereocenters. The standard InChI is InChI=1S/C17H27NO2/c1-12(2)17(3,19)11-20-14-9-8-13-6-5-7-16(18-4)15(13)10-14/h8-10,12,16,18-19H,5-7,11H2,1-4H3. The summed E-state index contributed by atoms with van der Waals surface area (Å²) >= 11 is 0. The van der Waals surface area contributed by atoms with E-state index in [2.05, 4.69) is 17.4 Å². The smallest absolute Gasteiger partial charge is 0.119 e. The molecule has 1 aliphatic carbocycles. The van der Waals surface area contributed by atoms with Crippen LogP contribution in [0.3, 0.4) is 0 Å². The van der Waals surface area contributed by atoms with Crippen LogP contribution in [-0.4, -0.2) is 24.4 Å². The van der Waals surface area contributed by atoms with Gasteiger partial charge in [0.15, 0.2) is 0 Å². The van der Waals surface area contributed by atoms with Gasteiger partial charge in [-0.1, -0.05) is 19.9 Å². The number of hydrogen-bond donors (Lipinski definition) is 2. The van der Waals surface area contributed by atoms with E-state index in [0.29, 0.717) is 12.6 Å². The molecule has 0 heterocycles. The number of rotatable bonds is 5. The van der Waals surface area contributed by atoms with Gasteiger partial charge in [-0.3, -0.25) is 0 Å². The summed E-state index contributed by atoms with van der Waals surface area (Å²) in [6, 6.07) is 6.74. The molecule has 0 fully saturated rings. The first-order chi connectivity index (χ1) is 9.44. The minimum atomic E-state index is -0.793. The zero-order valence-electron chi connectivity index (χ0n) is 13.1. The van der Waals surface area contributed by atoms with Crippen molar-refractivity contribution in [3.8, 4) is 5.75 Å². The Morgan fingerprint density at radius 1 is 1.45 bits per heavy atom. The molecule has 0 spiro atoms. The Balaban J connectivity index is 2.11. The third kappa shape index (κ3) is 3.33. The summed E-state index contributed by atoms with van der Waals surface area (Å²) in [5.74, 6) is 1.03. The fourth-order valence-electron chi connectivity index (χ4n) is 2.56. The maximum absolute atomic E-state index is 10.3. The Labute approximate surface area is 122 Å². The fourth-order valence-corrected chi connectivity index (χ4v) is 2.56. The van der Waals surface area contributed by atoms with E-state index in [-0.39, 0.29) is 5.92 Å². The van der Waals surface area contributed by atoms with E-state index in [4.69, 9.17) is 4.74 Å². The lowest BCUT2D eigenvalue weighted by atomic mass is 9.87. The van der Waals surface area contributed by atoms with Gasteiger partial charge >= 0.3 is 0 Å².